The maximum absolute atomic E-state index is 12.8. The first-order valence-electron chi connectivity index (χ1n) is 8.51. The second-order valence-electron chi connectivity index (χ2n) is 6.11. The number of para-hydroxylation sites is 3. The topological polar surface area (TPSA) is 84.9 Å². The van der Waals surface area contributed by atoms with E-state index in [4.69, 9.17) is 9.47 Å². The zero-order valence-corrected chi connectivity index (χ0v) is 15.1. The third kappa shape index (κ3) is 4.08. The molecule has 3 rings (SSSR count). The summed E-state index contributed by atoms with van der Waals surface area (Å²) in [5.41, 5.74) is 1.80. The van der Waals surface area contributed by atoms with Gasteiger partial charge in [0, 0.05) is 5.56 Å². The van der Waals surface area contributed by atoms with Crippen LogP contribution in [0.3, 0.4) is 0 Å². The standard InChI is InChI=1S/C20H20N2O5/c1-13(27-19(24)11-14-7-3-6-10-17(14)26-2)20(25)22-12-18(23)21-15-8-4-5-9-16(15)22/h3-10,13H,11-12H2,1-2H3,(H,21,23)/t13-/m1/s1. The van der Waals surface area contributed by atoms with Crippen LogP contribution >= 0.6 is 0 Å². The van der Waals surface area contributed by atoms with Crippen LogP contribution in [0.2, 0.25) is 0 Å². The number of ether oxygens (including phenoxy) is 2. The van der Waals surface area contributed by atoms with E-state index in [0.29, 0.717) is 22.7 Å². The summed E-state index contributed by atoms with van der Waals surface area (Å²) in [7, 11) is 1.52. The van der Waals surface area contributed by atoms with Crippen molar-refractivity contribution in [1.82, 2.24) is 0 Å². The molecule has 27 heavy (non-hydrogen) atoms. The van der Waals surface area contributed by atoms with Crippen molar-refractivity contribution in [3.8, 4) is 5.75 Å². The lowest BCUT2D eigenvalue weighted by Crippen LogP contribution is -2.47. The quantitative estimate of drug-likeness (QED) is 0.818. The highest BCUT2D eigenvalue weighted by atomic mass is 16.5. The molecule has 0 aromatic heterocycles. The predicted molar refractivity (Wildman–Crippen MR) is 99.7 cm³/mol. The Morgan fingerprint density at radius 3 is 2.63 bits per heavy atom. The SMILES string of the molecule is COc1ccccc1CC(=O)O[C@H](C)C(=O)N1CC(=O)Nc2ccccc21. The number of fused-ring (bicyclic) bond motifs is 1. The average molecular weight is 368 g/mol. The molecule has 2 amide bonds. The third-order valence-corrected chi connectivity index (χ3v) is 4.22. The number of rotatable bonds is 5. The number of carbonyl (C=O) groups excluding carboxylic acids is 3. The number of carbonyl (C=O) groups is 3. The van der Waals surface area contributed by atoms with Crippen molar-refractivity contribution < 1.29 is 23.9 Å². The number of hydrogen-bond acceptors (Lipinski definition) is 5. The summed E-state index contributed by atoms with van der Waals surface area (Å²) in [6.45, 7) is 1.38. The van der Waals surface area contributed by atoms with E-state index >= 15 is 0 Å². The smallest absolute Gasteiger partial charge is 0.311 e. The molecule has 1 aliphatic rings. The Morgan fingerprint density at radius 2 is 1.85 bits per heavy atom. The number of nitrogens with zero attached hydrogens (tertiary/aromatic N) is 1. The van der Waals surface area contributed by atoms with Crippen LogP contribution in [-0.2, 0) is 25.5 Å². The Kier molecular flexibility index (Phi) is 5.40. The fourth-order valence-electron chi connectivity index (χ4n) is 2.94. The Morgan fingerprint density at radius 1 is 1.15 bits per heavy atom. The van der Waals surface area contributed by atoms with Crippen LogP contribution in [0.15, 0.2) is 48.5 Å². The van der Waals surface area contributed by atoms with Crippen molar-refractivity contribution in [2.75, 3.05) is 23.9 Å². The molecule has 0 unspecified atom stereocenters. The van der Waals surface area contributed by atoms with E-state index in [9.17, 15) is 14.4 Å². The fraction of sp³-hybridized carbons (Fsp3) is 0.250. The van der Waals surface area contributed by atoms with Crippen LogP contribution in [0.25, 0.3) is 0 Å². The first-order valence-corrected chi connectivity index (χ1v) is 8.51. The van der Waals surface area contributed by atoms with Gasteiger partial charge in [0.05, 0.1) is 24.9 Å². The number of amides is 2. The van der Waals surface area contributed by atoms with Crippen molar-refractivity contribution in [1.29, 1.82) is 0 Å². The maximum atomic E-state index is 12.8. The summed E-state index contributed by atoms with van der Waals surface area (Å²) in [5.74, 6) is -0.717. The molecule has 1 N–H and O–H groups in total. The summed E-state index contributed by atoms with van der Waals surface area (Å²) in [6.07, 6.45) is -1.04. The Labute approximate surface area is 156 Å². The van der Waals surface area contributed by atoms with Gasteiger partial charge in [-0.05, 0) is 25.1 Å². The number of hydrogen-bond donors (Lipinski definition) is 1. The van der Waals surface area contributed by atoms with Gasteiger partial charge in [0.2, 0.25) is 5.91 Å². The van der Waals surface area contributed by atoms with Crippen molar-refractivity contribution in [3.05, 3.63) is 54.1 Å². The van der Waals surface area contributed by atoms with Crippen molar-refractivity contribution >= 4 is 29.2 Å². The first-order chi connectivity index (χ1) is 13.0. The fourth-order valence-corrected chi connectivity index (χ4v) is 2.94. The van der Waals surface area contributed by atoms with Gasteiger partial charge in [-0.3, -0.25) is 19.3 Å². The number of esters is 1. The molecule has 7 heteroatoms. The molecule has 0 bridgehead atoms. The van der Waals surface area contributed by atoms with E-state index in [2.05, 4.69) is 5.32 Å². The van der Waals surface area contributed by atoms with Crippen molar-refractivity contribution in [2.45, 2.75) is 19.4 Å². The number of methoxy groups -OCH3 is 1. The van der Waals surface area contributed by atoms with Crippen LogP contribution in [0, 0.1) is 0 Å². The molecule has 0 aliphatic carbocycles. The molecule has 7 nitrogen and oxygen atoms in total. The molecule has 0 saturated carbocycles. The minimum atomic E-state index is -1.02. The summed E-state index contributed by atoms with van der Waals surface area (Å²) in [4.78, 5) is 38.2. The second-order valence-corrected chi connectivity index (χ2v) is 6.11. The highest BCUT2D eigenvalue weighted by Gasteiger charge is 2.31. The Bertz CT molecular complexity index is 880. The van der Waals surface area contributed by atoms with E-state index in [-0.39, 0.29) is 18.9 Å². The lowest BCUT2D eigenvalue weighted by Gasteiger charge is -2.30. The monoisotopic (exact) mass is 368 g/mol. The average Bonchev–Trinajstić information content (AvgIpc) is 2.67. The third-order valence-electron chi connectivity index (χ3n) is 4.22. The molecular weight excluding hydrogens is 348 g/mol. The van der Waals surface area contributed by atoms with E-state index in [0.717, 1.165) is 0 Å². The molecule has 1 aliphatic heterocycles. The Balaban J connectivity index is 1.69. The van der Waals surface area contributed by atoms with E-state index in [1.807, 2.05) is 0 Å². The molecule has 0 spiro atoms. The minimum Gasteiger partial charge on any atom is -0.496 e. The predicted octanol–water partition coefficient (Wildman–Crippen LogP) is 2.15. The lowest BCUT2D eigenvalue weighted by atomic mass is 10.1. The summed E-state index contributed by atoms with van der Waals surface area (Å²) in [5, 5.41) is 2.72. The van der Waals surface area contributed by atoms with Gasteiger partial charge in [0.25, 0.3) is 5.91 Å². The zero-order chi connectivity index (χ0) is 19.4. The van der Waals surface area contributed by atoms with E-state index in [1.165, 1.54) is 18.9 Å². The van der Waals surface area contributed by atoms with Crippen molar-refractivity contribution in [3.63, 3.8) is 0 Å². The van der Waals surface area contributed by atoms with Gasteiger partial charge in [-0.15, -0.1) is 0 Å². The van der Waals surface area contributed by atoms with Crippen LogP contribution in [0.1, 0.15) is 12.5 Å². The van der Waals surface area contributed by atoms with Gasteiger partial charge in [0.1, 0.15) is 12.3 Å². The lowest BCUT2D eigenvalue weighted by molar-refractivity contribution is -0.153. The minimum absolute atomic E-state index is 0.0152. The molecule has 1 atom stereocenters. The Hall–Kier alpha value is -3.35. The van der Waals surface area contributed by atoms with Crippen molar-refractivity contribution in [2.24, 2.45) is 0 Å². The molecular formula is C20H20N2O5. The number of benzene rings is 2. The van der Waals surface area contributed by atoms with Crippen LogP contribution < -0.4 is 15.0 Å². The molecule has 0 saturated heterocycles. The molecule has 1 heterocycles. The zero-order valence-electron chi connectivity index (χ0n) is 15.1. The van der Waals surface area contributed by atoms with Crippen LogP contribution in [0.4, 0.5) is 11.4 Å². The normalized spacial score (nSPS) is 14.0. The summed E-state index contributed by atoms with van der Waals surface area (Å²) >= 11 is 0. The van der Waals surface area contributed by atoms with E-state index in [1.54, 1.807) is 48.5 Å². The van der Waals surface area contributed by atoms with Gasteiger partial charge < -0.3 is 14.8 Å². The highest BCUT2D eigenvalue weighted by Crippen LogP contribution is 2.29. The van der Waals surface area contributed by atoms with Gasteiger partial charge in [-0.25, -0.2) is 0 Å². The van der Waals surface area contributed by atoms with Crippen LogP contribution in [-0.4, -0.2) is 37.5 Å². The molecule has 0 fully saturated rings. The number of anilines is 2. The maximum Gasteiger partial charge on any atom is 0.311 e. The summed E-state index contributed by atoms with van der Waals surface area (Å²) < 4.78 is 10.5. The largest absolute Gasteiger partial charge is 0.496 e. The molecule has 2 aromatic rings. The van der Waals surface area contributed by atoms with Gasteiger partial charge in [-0.2, -0.15) is 0 Å². The van der Waals surface area contributed by atoms with E-state index < -0.39 is 18.0 Å². The molecule has 0 radical (unpaired) electrons. The van der Waals surface area contributed by atoms with Gasteiger partial charge in [-0.1, -0.05) is 30.3 Å². The van der Waals surface area contributed by atoms with Crippen LogP contribution in [0.5, 0.6) is 5.75 Å². The molecule has 2 aromatic carbocycles. The number of nitrogens with one attached hydrogen (secondary N) is 1. The summed E-state index contributed by atoms with van der Waals surface area (Å²) in [6, 6.07) is 14.1. The van der Waals surface area contributed by atoms with Gasteiger partial charge in [0.15, 0.2) is 6.10 Å². The second kappa shape index (κ2) is 7.90. The van der Waals surface area contributed by atoms with Gasteiger partial charge >= 0.3 is 5.97 Å². The molecule has 140 valence electrons. The highest BCUT2D eigenvalue weighted by molar-refractivity contribution is 6.11. The first kappa shape index (κ1) is 18.4.